The van der Waals surface area contributed by atoms with Gasteiger partial charge in [0.05, 0.1) is 17.1 Å². The number of nitrogens with zero attached hydrogens (tertiary/aromatic N) is 4. The second-order valence-corrected chi connectivity index (χ2v) is 8.50. The predicted octanol–water partition coefficient (Wildman–Crippen LogP) is 2.91. The number of amides is 2. The number of H-pyrrole nitrogens is 1. The summed E-state index contributed by atoms with van der Waals surface area (Å²) in [6, 6.07) is 11.5. The topological polar surface area (TPSA) is 89.2 Å². The first kappa shape index (κ1) is 21.1. The monoisotopic (exact) mass is 421 g/mol. The molecule has 8 nitrogen and oxygen atoms in total. The van der Waals surface area contributed by atoms with E-state index in [1.165, 1.54) is 0 Å². The third-order valence-corrected chi connectivity index (χ3v) is 5.75. The summed E-state index contributed by atoms with van der Waals surface area (Å²) in [7, 11) is 2.14. The van der Waals surface area contributed by atoms with E-state index < -0.39 is 0 Å². The molecule has 1 atom stereocenters. The molecule has 164 valence electrons. The number of para-hydroxylation sites is 2. The molecule has 1 aliphatic heterocycles. The molecule has 2 amide bonds. The molecular formula is C23H31N7O. The number of carbonyl (C=O) groups excluding carboxylic acids is 1. The Labute approximate surface area is 183 Å². The maximum Gasteiger partial charge on any atom is 0.315 e. The number of likely N-dealkylation sites (N-methyl/N-ethyl adjacent to an activating group) is 1. The van der Waals surface area contributed by atoms with Gasteiger partial charge < -0.3 is 25.4 Å². The van der Waals surface area contributed by atoms with Crippen molar-refractivity contribution >= 4 is 22.9 Å². The van der Waals surface area contributed by atoms with Gasteiger partial charge in [0.15, 0.2) is 0 Å². The van der Waals surface area contributed by atoms with Crippen LogP contribution in [0.15, 0.2) is 42.6 Å². The molecule has 3 heterocycles. The van der Waals surface area contributed by atoms with Crippen LogP contribution in [0.4, 0.5) is 10.6 Å². The number of urea groups is 1. The molecule has 1 saturated heterocycles. The number of anilines is 1. The summed E-state index contributed by atoms with van der Waals surface area (Å²) < 4.78 is 0. The quantitative estimate of drug-likeness (QED) is 0.570. The summed E-state index contributed by atoms with van der Waals surface area (Å²) >= 11 is 0. The molecule has 3 N–H and O–H groups in total. The van der Waals surface area contributed by atoms with E-state index in [1.54, 1.807) is 0 Å². The van der Waals surface area contributed by atoms with Crippen molar-refractivity contribution in [3.8, 4) is 0 Å². The highest BCUT2D eigenvalue weighted by Crippen LogP contribution is 2.22. The number of carbonyl (C=O) groups is 1. The van der Waals surface area contributed by atoms with Crippen LogP contribution in [0.5, 0.6) is 0 Å². The minimum absolute atomic E-state index is 0.191. The van der Waals surface area contributed by atoms with Crippen molar-refractivity contribution < 1.29 is 4.79 Å². The van der Waals surface area contributed by atoms with E-state index in [9.17, 15) is 4.79 Å². The van der Waals surface area contributed by atoms with E-state index in [1.807, 2.05) is 36.5 Å². The highest BCUT2D eigenvalue weighted by atomic mass is 16.2. The summed E-state index contributed by atoms with van der Waals surface area (Å²) in [5, 5.41) is 6.05. The average Bonchev–Trinajstić information content (AvgIpc) is 3.20. The molecule has 0 spiro atoms. The fourth-order valence-electron chi connectivity index (χ4n) is 3.82. The Balaban J connectivity index is 1.37. The van der Waals surface area contributed by atoms with Crippen molar-refractivity contribution in [1.82, 2.24) is 30.5 Å². The summed E-state index contributed by atoms with van der Waals surface area (Å²) in [4.78, 5) is 29.8. The van der Waals surface area contributed by atoms with Gasteiger partial charge in [-0.2, -0.15) is 0 Å². The summed E-state index contributed by atoms with van der Waals surface area (Å²) in [5.41, 5.74) is 2.90. The smallest absolute Gasteiger partial charge is 0.315 e. The van der Waals surface area contributed by atoms with Gasteiger partial charge in [-0.1, -0.05) is 26.0 Å². The van der Waals surface area contributed by atoms with Gasteiger partial charge in [-0.15, -0.1) is 0 Å². The molecule has 1 aliphatic rings. The number of hydrogen-bond acceptors (Lipinski definition) is 5. The second-order valence-electron chi connectivity index (χ2n) is 8.50. The molecule has 0 bridgehead atoms. The molecular weight excluding hydrogens is 390 g/mol. The first-order chi connectivity index (χ1) is 15.0. The van der Waals surface area contributed by atoms with Gasteiger partial charge in [-0.05, 0) is 42.8 Å². The SMILES string of the molecule is CC(C)C(NC(=O)NCc1ccnc(N2CCN(C)CC2)c1)c1nc2ccccc2[nH]1. The summed E-state index contributed by atoms with van der Waals surface area (Å²) in [5.74, 6) is 1.93. The van der Waals surface area contributed by atoms with Crippen molar-refractivity contribution in [2.24, 2.45) is 5.92 Å². The van der Waals surface area contributed by atoms with Crippen LogP contribution < -0.4 is 15.5 Å². The van der Waals surface area contributed by atoms with Gasteiger partial charge in [-0.3, -0.25) is 0 Å². The number of benzene rings is 1. The third kappa shape index (κ3) is 5.14. The van der Waals surface area contributed by atoms with Crippen LogP contribution in [0.3, 0.4) is 0 Å². The Morgan fingerprint density at radius 3 is 2.68 bits per heavy atom. The van der Waals surface area contributed by atoms with E-state index in [0.29, 0.717) is 6.54 Å². The molecule has 1 aromatic carbocycles. The third-order valence-electron chi connectivity index (χ3n) is 5.75. The Morgan fingerprint density at radius 2 is 1.94 bits per heavy atom. The molecule has 2 aromatic heterocycles. The van der Waals surface area contributed by atoms with Gasteiger partial charge in [0.25, 0.3) is 0 Å². The van der Waals surface area contributed by atoms with Crippen molar-refractivity contribution in [2.45, 2.75) is 26.4 Å². The van der Waals surface area contributed by atoms with Gasteiger partial charge in [0.2, 0.25) is 0 Å². The van der Waals surface area contributed by atoms with Gasteiger partial charge >= 0.3 is 6.03 Å². The predicted molar refractivity (Wildman–Crippen MR) is 123 cm³/mol. The molecule has 0 saturated carbocycles. The minimum atomic E-state index is -0.211. The molecule has 0 aliphatic carbocycles. The summed E-state index contributed by atoms with van der Waals surface area (Å²) in [6.07, 6.45) is 1.81. The maximum atomic E-state index is 12.6. The first-order valence-electron chi connectivity index (χ1n) is 10.9. The van der Waals surface area contributed by atoms with Crippen LogP contribution in [-0.2, 0) is 6.54 Å². The fourth-order valence-corrected chi connectivity index (χ4v) is 3.82. The van der Waals surface area contributed by atoms with E-state index in [4.69, 9.17) is 0 Å². The lowest BCUT2D eigenvalue weighted by Gasteiger charge is -2.33. The number of imidazole rings is 1. The lowest BCUT2D eigenvalue weighted by atomic mass is 10.0. The van der Waals surface area contributed by atoms with Gasteiger partial charge in [-0.25, -0.2) is 14.8 Å². The number of pyridine rings is 1. The van der Waals surface area contributed by atoms with Crippen molar-refractivity contribution in [1.29, 1.82) is 0 Å². The van der Waals surface area contributed by atoms with E-state index >= 15 is 0 Å². The number of hydrogen-bond donors (Lipinski definition) is 3. The van der Waals surface area contributed by atoms with Crippen LogP contribution in [0, 0.1) is 5.92 Å². The molecule has 4 rings (SSSR count). The Bertz CT molecular complexity index is 990. The Kier molecular flexibility index (Phi) is 6.36. The lowest BCUT2D eigenvalue weighted by molar-refractivity contribution is 0.232. The molecule has 1 unspecified atom stereocenters. The zero-order valence-electron chi connectivity index (χ0n) is 18.4. The van der Waals surface area contributed by atoms with Crippen LogP contribution in [0.2, 0.25) is 0 Å². The number of aromatic amines is 1. The Hall–Kier alpha value is -3.13. The van der Waals surface area contributed by atoms with Crippen LogP contribution in [-0.4, -0.2) is 59.1 Å². The number of aromatic nitrogens is 3. The minimum Gasteiger partial charge on any atom is -0.354 e. The number of fused-ring (bicyclic) bond motifs is 1. The van der Waals surface area contributed by atoms with Crippen LogP contribution in [0.25, 0.3) is 11.0 Å². The van der Waals surface area contributed by atoms with Crippen LogP contribution in [0.1, 0.15) is 31.3 Å². The van der Waals surface area contributed by atoms with Crippen molar-refractivity contribution in [2.75, 3.05) is 38.1 Å². The first-order valence-corrected chi connectivity index (χ1v) is 10.9. The second kappa shape index (κ2) is 9.34. The maximum absolute atomic E-state index is 12.6. The zero-order valence-corrected chi connectivity index (χ0v) is 18.4. The highest BCUT2D eigenvalue weighted by molar-refractivity contribution is 5.76. The lowest BCUT2D eigenvalue weighted by Crippen LogP contribution is -2.44. The van der Waals surface area contributed by atoms with E-state index in [0.717, 1.165) is 54.4 Å². The Morgan fingerprint density at radius 1 is 1.16 bits per heavy atom. The van der Waals surface area contributed by atoms with E-state index in [2.05, 4.69) is 62.3 Å². The van der Waals surface area contributed by atoms with Gasteiger partial charge in [0.1, 0.15) is 11.6 Å². The molecule has 8 heteroatoms. The highest BCUT2D eigenvalue weighted by Gasteiger charge is 2.22. The summed E-state index contributed by atoms with van der Waals surface area (Å²) in [6.45, 7) is 8.59. The molecule has 1 fully saturated rings. The van der Waals surface area contributed by atoms with Gasteiger partial charge in [0, 0.05) is 38.9 Å². The molecule has 0 radical (unpaired) electrons. The number of piperazine rings is 1. The standard InChI is InChI=1S/C23H31N7O/c1-16(2)21(22-26-18-6-4-5-7-19(18)27-22)28-23(31)25-15-17-8-9-24-20(14-17)30-12-10-29(3)11-13-30/h4-9,14,16,21H,10-13,15H2,1-3H3,(H,26,27)(H2,25,28,31). The van der Waals surface area contributed by atoms with E-state index in [-0.39, 0.29) is 18.0 Å². The molecule has 31 heavy (non-hydrogen) atoms. The largest absolute Gasteiger partial charge is 0.354 e. The fraction of sp³-hybridized carbons (Fsp3) is 0.435. The molecule has 3 aromatic rings. The number of rotatable bonds is 6. The van der Waals surface area contributed by atoms with Crippen LogP contribution >= 0.6 is 0 Å². The number of nitrogens with one attached hydrogen (secondary N) is 3. The average molecular weight is 422 g/mol. The van der Waals surface area contributed by atoms with Crippen molar-refractivity contribution in [3.63, 3.8) is 0 Å². The zero-order chi connectivity index (χ0) is 21.8. The van der Waals surface area contributed by atoms with Crippen molar-refractivity contribution in [3.05, 3.63) is 54.0 Å². The normalized spacial score (nSPS) is 15.9.